The number of hydrogen-bond acceptors (Lipinski definition) is 4. The summed E-state index contributed by atoms with van der Waals surface area (Å²) in [5, 5.41) is 0. The summed E-state index contributed by atoms with van der Waals surface area (Å²) in [7, 11) is -3.33. The van der Waals surface area contributed by atoms with Crippen molar-refractivity contribution in [2.24, 2.45) is 0 Å². The van der Waals surface area contributed by atoms with Crippen molar-refractivity contribution in [1.82, 2.24) is 18.8 Å². The quantitative estimate of drug-likeness (QED) is 0.815. The lowest BCUT2D eigenvalue weighted by atomic mass is 10.0. The molecule has 7 nitrogen and oxygen atoms in total. The van der Waals surface area contributed by atoms with Crippen molar-refractivity contribution in [1.29, 1.82) is 0 Å². The third-order valence-electron chi connectivity index (χ3n) is 4.88. The number of aryl methyl sites for hydroxylation is 1. The molecule has 1 aromatic heterocycles. The smallest absolute Gasteiger partial charge is 0.241 e. The Kier molecular flexibility index (Phi) is 4.46. The Morgan fingerprint density at radius 2 is 2.00 bits per heavy atom. The summed E-state index contributed by atoms with van der Waals surface area (Å²) in [6.07, 6.45) is 8.23. The molecule has 0 N–H and O–H groups in total. The first-order valence-corrected chi connectivity index (χ1v) is 9.98. The van der Waals surface area contributed by atoms with Gasteiger partial charge in [0, 0.05) is 32.0 Å². The van der Waals surface area contributed by atoms with Crippen molar-refractivity contribution < 1.29 is 13.2 Å². The van der Waals surface area contributed by atoms with Crippen molar-refractivity contribution in [3.8, 4) is 0 Å². The van der Waals surface area contributed by atoms with Gasteiger partial charge in [0.1, 0.15) is 11.9 Å². The van der Waals surface area contributed by atoms with Gasteiger partial charge in [-0.15, -0.1) is 0 Å². The van der Waals surface area contributed by atoms with Gasteiger partial charge in [0.15, 0.2) is 0 Å². The van der Waals surface area contributed by atoms with Gasteiger partial charge < -0.3 is 9.47 Å². The molecule has 0 bridgehead atoms. The van der Waals surface area contributed by atoms with Crippen LogP contribution in [0.25, 0.3) is 0 Å². The minimum absolute atomic E-state index is 0.0459. The lowest BCUT2D eigenvalue weighted by Gasteiger charge is -2.36. The molecule has 0 aromatic carbocycles. The first-order chi connectivity index (χ1) is 10.9. The maximum absolute atomic E-state index is 12.9. The number of rotatable bonds is 3. The largest absolute Gasteiger partial charge is 0.339 e. The molecule has 2 aliphatic rings. The molecule has 128 valence electrons. The lowest BCUT2D eigenvalue weighted by molar-refractivity contribution is -0.136. The van der Waals surface area contributed by atoms with Crippen molar-refractivity contribution in [2.75, 3.05) is 25.9 Å². The zero-order valence-corrected chi connectivity index (χ0v) is 14.5. The first-order valence-electron chi connectivity index (χ1n) is 8.13. The monoisotopic (exact) mass is 340 g/mol. The molecule has 2 saturated heterocycles. The molecule has 2 unspecified atom stereocenters. The van der Waals surface area contributed by atoms with Crippen LogP contribution in [0.5, 0.6) is 0 Å². The van der Waals surface area contributed by atoms with Gasteiger partial charge in [0.25, 0.3) is 0 Å². The molecule has 3 rings (SSSR count). The van der Waals surface area contributed by atoms with Gasteiger partial charge in [-0.05, 0) is 32.6 Å². The van der Waals surface area contributed by atoms with E-state index in [1.807, 2.05) is 18.0 Å². The highest BCUT2D eigenvalue weighted by molar-refractivity contribution is 7.88. The van der Waals surface area contributed by atoms with E-state index in [-0.39, 0.29) is 11.9 Å². The average Bonchev–Trinajstić information content (AvgIpc) is 3.14. The highest BCUT2D eigenvalue weighted by atomic mass is 32.2. The van der Waals surface area contributed by atoms with Crippen molar-refractivity contribution in [3.63, 3.8) is 0 Å². The third-order valence-corrected chi connectivity index (χ3v) is 6.17. The Morgan fingerprint density at radius 3 is 2.65 bits per heavy atom. The molecule has 8 heteroatoms. The zero-order valence-electron chi connectivity index (χ0n) is 13.7. The normalized spacial score (nSPS) is 26.6. The van der Waals surface area contributed by atoms with Gasteiger partial charge in [-0.2, -0.15) is 4.31 Å². The maximum Gasteiger partial charge on any atom is 0.241 e. The number of aromatic nitrogens is 2. The van der Waals surface area contributed by atoms with E-state index in [0.717, 1.165) is 25.1 Å². The SMILES string of the molecule is Cc1nccn1C1CCCN(C(=O)C2CCCN2S(C)(=O)=O)C1. The second-order valence-corrected chi connectivity index (χ2v) is 8.43. The van der Waals surface area contributed by atoms with E-state index in [4.69, 9.17) is 0 Å². The van der Waals surface area contributed by atoms with Crippen LogP contribution in [-0.4, -0.2) is 65.0 Å². The lowest BCUT2D eigenvalue weighted by Crippen LogP contribution is -2.50. The number of sulfonamides is 1. The molecule has 2 aliphatic heterocycles. The van der Waals surface area contributed by atoms with Crippen LogP contribution in [0.15, 0.2) is 12.4 Å². The van der Waals surface area contributed by atoms with Crippen LogP contribution in [0, 0.1) is 6.92 Å². The fourth-order valence-corrected chi connectivity index (χ4v) is 4.87. The zero-order chi connectivity index (χ0) is 16.6. The van der Waals surface area contributed by atoms with E-state index in [9.17, 15) is 13.2 Å². The fraction of sp³-hybridized carbons (Fsp3) is 0.733. The molecule has 0 spiro atoms. The topological polar surface area (TPSA) is 75.5 Å². The number of hydrogen-bond donors (Lipinski definition) is 0. The molecule has 1 amide bonds. The summed E-state index contributed by atoms with van der Waals surface area (Å²) < 4.78 is 27.2. The van der Waals surface area contributed by atoms with Gasteiger partial charge in [0.05, 0.1) is 12.3 Å². The van der Waals surface area contributed by atoms with Gasteiger partial charge in [-0.1, -0.05) is 0 Å². The second kappa shape index (κ2) is 6.24. The number of carbonyl (C=O) groups is 1. The van der Waals surface area contributed by atoms with Crippen molar-refractivity contribution >= 4 is 15.9 Å². The fourth-order valence-electron chi connectivity index (χ4n) is 3.75. The Bertz CT molecular complexity index is 685. The maximum atomic E-state index is 12.9. The molecule has 2 atom stereocenters. The highest BCUT2D eigenvalue weighted by Gasteiger charge is 2.39. The number of nitrogens with zero attached hydrogens (tertiary/aromatic N) is 4. The van der Waals surface area contributed by atoms with E-state index in [1.165, 1.54) is 10.6 Å². The minimum atomic E-state index is -3.33. The average molecular weight is 340 g/mol. The van der Waals surface area contributed by atoms with Crippen LogP contribution in [0.3, 0.4) is 0 Å². The Hall–Kier alpha value is -1.41. The second-order valence-electron chi connectivity index (χ2n) is 6.49. The van der Waals surface area contributed by atoms with Gasteiger partial charge in [0.2, 0.25) is 15.9 Å². The summed E-state index contributed by atoms with van der Waals surface area (Å²) in [5.74, 6) is 0.901. The van der Waals surface area contributed by atoms with Crippen LogP contribution in [0.1, 0.15) is 37.5 Å². The number of imidazole rings is 1. The number of piperidine rings is 1. The van der Waals surface area contributed by atoms with Gasteiger partial charge in [-0.3, -0.25) is 4.79 Å². The minimum Gasteiger partial charge on any atom is -0.339 e. The molecule has 1 aromatic rings. The van der Waals surface area contributed by atoms with Crippen LogP contribution in [0.2, 0.25) is 0 Å². The van der Waals surface area contributed by atoms with Crippen LogP contribution in [-0.2, 0) is 14.8 Å². The van der Waals surface area contributed by atoms with E-state index in [2.05, 4.69) is 9.55 Å². The Morgan fingerprint density at radius 1 is 1.26 bits per heavy atom. The Balaban J connectivity index is 1.74. The van der Waals surface area contributed by atoms with Crippen LogP contribution in [0.4, 0.5) is 0 Å². The standard InChI is InChI=1S/C15H24N4O3S/c1-12-16-7-10-18(12)13-5-3-8-17(11-13)15(20)14-6-4-9-19(14)23(2,21)22/h7,10,13-14H,3-6,8-9,11H2,1-2H3. The van der Waals surface area contributed by atoms with E-state index < -0.39 is 16.1 Å². The van der Waals surface area contributed by atoms with Crippen molar-refractivity contribution in [2.45, 2.75) is 44.7 Å². The number of carbonyl (C=O) groups excluding carboxylic acids is 1. The molecular weight excluding hydrogens is 316 g/mol. The summed E-state index contributed by atoms with van der Waals surface area (Å²) in [6, 6.07) is -0.295. The number of likely N-dealkylation sites (tertiary alicyclic amines) is 1. The summed E-state index contributed by atoms with van der Waals surface area (Å²) in [4.78, 5) is 18.9. The molecule has 0 radical (unpaired) electrons. The predicted octanol–water partition coefficient (Wildman–Crippen LogP) is 0.779. The number of amides is 1. The van der Waals surface area contributed by atoms with Crippen LogP contribution >= 0.6 is 0 Å². The van der Waals surface area contributed by atoms with E-state index >= 15 is 0 Å². The van der Waals surface area contributed by atoms with E-state index in [0.29, 0.717) is 26.1 Å². The molecule has 2 fully saturated rings. The van der Waals surface area contributed by atoms with Crippen LogP contribution < -0.4 is 0 Å². The molecule has 3 heterocycles. The molecule has 23 heavy (non-hydrogen) atoms. The summed E-state index contributed by atoms with van der Waals surface area (Å²) >= 11 is 0. The predicted molar refractivity (Wildman–Crippen MR) is 86.4 cm³/mol. The first kappa shape index (κ1) is 16.4. The van der Waals surface area contributed by atoms with Gasteiger partial charge in [-0.25, -0.2) is 13.4 Å². The van der Waals surface area contributed by atoms with Gasteiger partial charge >= 0.3 is 0 Å². The molecule has 0 saturated carbocycles. The molecular formula is C15H24N4O3S. The van der Waals surface area contributed by atoms with E-state index in [1.54, 1.807) is 6.20 Å². The third kappa shape index (κ3) is 3.28. The Labute approximate surface area is 137 Å². The highest BCUT2D eigenvalue weighted by Crippen LogP contribution is 2.27. The summed E-state index contributed by atoms with van der Waals surface area (Å²) in [6.45, 7) is 3.75. The van der Waals surface area contributed by atoms with Crippen molar-refractivity contribution in [3.05, 3.63) is 18.2 Å². The molecule has 0 aliphatic carbocycles. The summed E-state index contributed by atoms with van der Waals surface area (Å²) in [5.41, 5.74) is 0.